The second kappa shape index (κ2) is 6.48. The zero-order valence-corrected chi connectivity index (χ0v) is 13.4. The normalized spacial score (nSPS) is 23.9. The second-order valence-electron chi connectivity index (χ2n) is 7.01. The first-order valence-corrected chi connectivity index (χ1v) is 7.74. The number of piperidine rings is 1. The summed E-state index contributed by atoms with van der Waals surface area (Å²) >= 11 is 0. The summed E-state index contributed by atoms with van der Waals surface area (Å²) in [4.78, 5) is 15.7. The molecule has 6 heteroatoms. The third-order valence-electron chi connectivity index (χ3n) is 3.92. The number of carbonyl (C=O) groups is 1. The Morgan fingerprint density at radius 2 is 1.76 bits per heavy atom. The Labute approximate surface area is 126 Å². The average Bonchev–Trinajstić information content (AvgIpc) is 2.38. The van der Waals surface area contributed by atoms with Crippen molar-refractivity contribution < 1.29 is 18.7 Å². The lowest BCUT2D eigenvalue weighted by atomic mass is 9.92. The standard InChI is InChI=1S/C15H27FN2O3/c1-14(2,3)21-13(19)18-6-4-15(16,5-7-18)12-17-8-10-20-11-9-17/h4-12H2,1-3H3. The Morgan fingerprint density at radius 3 is 2.29 bits per heavy atom. The molecule has 2 saturated heterocycles. The van der Waals surface area contributed by atoms with Crippen LogP contribution in [0.2, 0.25) is 0 Å². The van der Waals surface area contributed by atoms with Crippen LogP contribution in [0, 0.1) is 0 Å². The lowest BCUT2D eigenvalue weighted by Gasteiger charge is -2.40. The summed E-state index contributed by atoms with van der Waals surface area (Å²) < 4.78 is 25.5. The van der Waals surface area contributed by atoms with Gasteiger partial charge >= 0.3 is 6.09 Å². The molecule has 5 nitrogen and oxygen atoms in total. The predicted molar refractivity (Wildman–Crippen MR) is 78.1 cm³/mol. The van der Waals surface area contributed by atoms with Gasteiger partial charge in [0.1, 0.15) is 11.3 Å². The van der Waals surface area contributed by atoms with E-state index in [0.29, 0.717) is 45.7 Å². The molecule has 1 amide bonds. The number of ether oxygens (including phenoxy) is 2. The number of hydrogen-bond acceptors (Lipinski definition) is 4. The van der Waals surface area contributed by atoms with Crippen LogP contribution in [0.25, 0.3) is 0 Å². The molecule has 0 unspecified atom stereocenters. The van der Waals surface area contributed by atoms with Crippen molar-refractivity contribution in [3.63, 3.8) is 0 Å². The third kappa shape index (κ3) is 5.11. The number of halogens is 1. The number of rotatable bonds is 2. The minimum Gasteiger partial charge on any atom is -0.444 e. The topological polar surface area (TPSA) is 42.0 Å². The van der Waals surface area contributed by atoms with E-state index in [-0.39, 0.29) is 6.09 Å². The van der Waals surface area contributed by atoms with Crippen LogP contribution in [0.1, 0.15) is 33.6 Å². The Bertz CT molecular complexity index is 356. The number of hydrogen-bond donors (Lipinski definition) is 0. The highest BCUT2D eigenvalue weighted by molar-refractivity contribution is 5.68. The van der Waals surface area contributed by atoms with E-state index in [1.54, 1.807) is 4.90 Å². The van der Waals surface area contributed by atoms with E-state index >= 15 is 0 Å². The molecule has 2 aliphatic heterocycles. The van der Waals surface area contributed by atoms with Gasteiger partial charge in [0, 0.05) is 45.6 Å². The molecule has 0 atom stereocenters. The lowest BCUT2D eigenvalue weighted by molar-refractivity contribution is -0.0248. The first-order chi connectivity index (χ1) is 9.77. The maximum atomic E-state index is 14.9. The number of morpholine rings is 1. The highest BCUT2D eigenvalue weighted by atomic mass is 19.1. The molecule has 0 aliphatic carbocycles. The zero-order valence-electron chi connectivity index (χ0n) is 13.4. The van der Waals surface area contributed by atoms with Crippen molar-refractivity contribution in [3.05, 3.63) is 0 Å². The summed E-state index contributed by atoms with van der Waals surface area (Å²) in [5, 5.41) is 0. The van der Waals surface area contributed by atoms with Gasteiger partial charge in [0.05, 0.1) is 13.2 Å². The van der Waals surface area contributed by atoms with Crippen LogP contribution in [0.5, 0.6) is 0 Å². The molecule has 0 spiro atoms. The van der Waals surface area contributed by atoms with Gasteiger partial charge in [0.25, 0.3) is 0 Å². The summed E-state index contributed by atoms with van der Waals surface area (Å²) in [6, 6.07) is 0. The van der Waals surface area contributed by atoms with Crippen molar-refractivity contribution in [3.8, 4) is 0 Å². The number of carbonyl (C=O) groups excluding carboxylic acids is 1. The Kier molecular flexibility index (Phi) is 5.09. The maximum Gasteiger partial charge on any atom is 0.410 e. The first kappa shape index (κ1) is 16.5. The zero-order chi connectivity index (χ0) is 15.5. The Morgan fingerprint density at radius 1 is 1.19 bits per heavy atom. The van der Waals surface area contributed by atoms with Crippen LogP contribution in [-0.2, 0) is 9.47 Å². The largest absolute Gasteiger partial charge is 0.444 e. The molecule has 2 fully saturated rings. The third-order valence-corrected chi connectivity index (χ3v) is 3.92. The summed E-state index contributed by atoms with van der Waals surface area (Å²) in [5.41, 5.74) is -1.70. The van der Waals surface area contributed by atoms with E-state index in [9.17, 15) is 9.18 Å². The Balaban J connectivity index is 1.80. The van der Waals surface area contributed by atoms with E-state index in [4.69, 9.17) is 9.47 Å². The molecule has 0 N–H and O–H groups in total. The van der Waals surface area contributed by atoms with Crippen molar-refractivity contribution >= 4 is 6.09 Å². The molecule has 21 heavy (non-hydrogen) atoms. The Hall–Kier alpha value is -0.880. The van der Waals surface area contributed by atoms with E-state index in [1.165, 1.54) is 0 Å². The predicted octanol–water partition coefficient (Wildman–Crippen LogP) is 2.06. The molecule has 122 valence electrons. The van der Waals surface area contributed by atoms with Crippen LogP contribution >= 0.6 is 0 Å². The minimum atomic E-state index is -1.20. The van der Waals surface area contributed by atoms with Gasteiger partial charge in [-0.25, -0.2) is 9.18 Å². The molecule has 0 radical (unpaired) electrons. The van der Waals surface area contributed by atoms with Gasteiger partial charge in [-0.05, 0) is 20.8 Å². The van der Waals surface area contributed by atoms with Crippen LogP contribution in [-0.4, -0.2) is 73.1 Å². The van der Waals surface area contributed by atoms with Gasteiger partial charge in [-0.2, -0.15) is 0 Å². The van der Waals surface area contributed by atoms with Crippen LogP contribution < -0.4 is 0 Å². The van der Waals surface area contributed by atoms with Crippen molar-refractivity contribution in [1.82, 2.24) is 9.80 Å². The van der Waals surface area contributed by atoms with Crippen LogP contribution in [0.4, 0.5) is 9.18 Å². The monoisotopic (exact) mass is 302 g/mol. The molecular formula is C15H27FN2O3. The number of amides is 1. The fourth-order valence-electron chi connectivity index (χ4n) is 2.73. The van der Waals surface area contributed by atoms with E-state index < -0.39 is 11.3 Å². The van der Waals surface area contributed by atoms with Crippen molar-refractivity contribution in [1.29, 1.82) is 0 Å². The van der Waals surface area contributed by atoms with Crippen molar-refractivity contribution in [2.45, 2.75) is 44.9 Å². The van der Waals surface area contributed by atoms with Crippen LogP contribution in [0.3, 0.4) is 0 Å². The summed E-state index contributed by atoms with van der Waals surface area (Å²) in [7, 11) is 0. The van der Waals surface area contributed by atoms with E-state index in [0.717, 1.165) is 13.1 Å². The SMILES string of the molecule is CC(C)(C)OC(=O)N1CCC(F)(CN2CCOCC2)CC1. The summed E-state index contributed by atoms with van der Waals surface area (Å²) in [5.74, 6) is 0. The van der Waals surface area contributed by atoms with Gasteiger partial charge in [-0.3, -0.25) is 4.90 Å². The number of nitrogens with zero attached hydrogens (tertiary/aromatic N) is 2. The lowest BCUT2D eigenvalue weighted by Crippen LogP contribution is -2.52. The first-order valence-electron chi connectivity index (χ1n) is 7.74. The van der Waals surface area contributed by atoms with Crippen molar-refractivity contribution in [2.24, 2.45) is 0 Å². The second-order valence-corrected chi connectivity index (χ2v) is 7.01. The minimum absolute atomic E-state index is 0.337. The molecule has 2 rings (SSSR count). The smallest absolute Gasteiger partial charge is 0.410 e. The number of alkyl halides is 1. The van der Waals surface area contributed by atoms with E-state index in [2.05, 4.69) is 4.90 Å². The van der Waals surface area contributed by atoms with Gasteiger partial charge in [0.15, 0.2) is 0 Å². The molecule has 2 aliphatic rings. The quantitative estimate of drug-likeness (QED) is 0.783. The molecule has 0 saturated carbocycles. The van der Waals surface area contributed by atoms with E-state index in [1.807, 2.05) is 20.8 Å². The average molecular weight is 302 g/mol. The fourth-order valence-corrected chi connectivity index (χ4v) is 2.73. The van der Waals surface area contributed by atoms with Crippen LogP contribution in [0.15, 0.2) is 0 Å². The summed E-state index contributed by atoms with van der Waals surface area (Å²) in [6.45, 7) is 9.76. The van der Waals surface area contributed by atoms with Gasteiger partial charge < -0.3 is 14.4 Å². The van der Waals surface area contributed by atoms with Gasteiger partial charge in [0.2, 0.25) is 0 Å². The fraction of sp³-hybridized carbons (Fsp3) is 0.933. The van der Waals surface area contributed by atoms with Gasteiger partial charge in [-0.15, -0.1) is 0 Å². The molecule has 0 aromatic carbocycles. The number of likely N-dealkylation sites (tertiary alicyclic amines) is 1. The maximum absolute atomic E-state index is 14.9. The molecule has 0 bridgehead atoms. The van der Waals surface area contributed by atoms with Crippen molar-refractivity contribution in [2.75, 3.05) is 45.9 Å². The van der Waals surface area contributed by atoms with Gasteiger partial charge in [-0.1, -0.05) is 0 Å². The molecule has 2 heterocycles. The molecule has 0 aromatic rings. The highest BCUT2D eigenvalue weighted by Gasteiger charge is 2.38. The molecular weight excluding hydrogens is 275 g/mol. The molecule has 0 aromatic heterocycles. The highest BCUT2D eigenvalue weighted by Crippen LogP contribution is 2.28. The summed E-state index contributed by atoms with van der Waals surface area (Å²) in [6.07, 6.45) is 0.420.